The molecule has 0 spiro atoms. The highest BCUT2D eigenvalue weighted by atomic mass is 79.9. The Hall–Kier alpha value is -1.49. The molecule has 0 saturated heterocycles. The van der Waals surface area contributed by atoms with Gasteiger partial charge in [0.25, 0.3) is 0 Å². The van der Waals surface area contributed by atoms with Gasteiger partial charge in [0, 0.05) is 21.1 Å². The molecule has 1 N–H and O–H groups in total. The largest absolute Gasteiger partial charge is 0.496 e. The number of methoxy groups -OCH3 is 1. The summed E-state index contributed by atoms with van der Waals surface area (Å²) in [4.78, 5) is 12.0. The zero-order valence-corrected chi connectivity index (χ0v) is 14.7. The molecule has 0 radical (unpaired) electrons. The summed E-state index contributed by atoms with van der Waals surface area (Å²) in [6.45, 7) is 0. The molecule has 0 heterocycles. The summed E-state index contributed by atoms with van der Waals surface area (Å²) in [7, 11) is 1.58. The number of nitrogens with one attached hydrogen (secondary N) is 1. The lowest BCUT2D eigenvalue weighted by Crippen LogP contribution is -2.08. The zero-order valence-electron chi connectivity index (χ0n) is 11.6. The van der Waals surface area contributed by atoms with Crippen LogP contribution in [0.5, 0.6) is 5.75 Å². The predicted octanol–water partition coefficient (Wildman–Crippen LogP) is 5.42. The van der Waals surface area contributed by atoms with Gasteiger partial charge in [-0.2, -0.15) is 0 Å². The van der Waals surface area contributed by atoms with Gasteiger partial charge in [0.2, 0.25) is 5.91 Å². The van der Waals surface area contributed by atoms with E-state index in [1.807, 2.05) is 18.2 Å². The van der Waals surface area contributed by atoms with Crippen molar-refractivity contribution in [1.82, 2.24) is 0 Å². The molecule has 22 heavy (non-hydrogen) atoms. The van der Waals surface area contributed by atoms with Gasteiger partial charge in [0.05, 0.1) is 17.8 Å². The van der Waals surface area contributed by atoms with Crippen molar-refractivity contribution in [1.29, 1.82) is 0 Å². The van der Waals surface area contributed by atoms with E-state index >= 15 is 0 Å². The van der Waals surface area contributed by atoms with E-state index in [4.69, 9.17) is 27.9 Å². The van der Waals surface area contributed by atoms with Gasteiger partial charge in [-0.15, -0.1) is 0 Å². The number of carbonyl (C=O) groups excluding carboxylic acids is 1. The van der Waals surface area contributed by atoms with Gasteiger partial charge in [-0.3, -0.25) is 4.79 Å². The standard InChI is InChI=1S/C16H12BrCl2NO2/c1-22-15-6-3-11(17)8-10(15)2-7-16(21)20-14-9-12(18)4-5-13(14)19/h2-9H,1H3,(H,20,21)/b7-2+. The summed E-state index contributed by atoms with van der Waals surface area (Å²) < 4.78 is 6.14. The zero-order chi connectivity index (χ0) is 16.1. The second kappa shape index (κ2) is 7.68. The van der Waals surface area contributed by atoms with Crippen molar-refractivity contribution in [3.63, 3.8) is 0 Å². The third-order valence-electron chi connectivity index (χ3n) is 2.79. The molecule has 0 aliphatic carbocycles. The normalized spacial score (nSPS) is 10.7. The number of halogens is 3. The van der Waals surface area contributed by atoms with Crippen LogP contribution in [0.15, 0.2) is 46.9 Å². The number of hydrogen-bond donors (Lipinski definition) is 1. The number of hydrogen-bond acceptors (Lipinski definition) is 2. The Bertz CT molecular complexity index is 732. The van der Waals surface area contributed by atoms with Gasteiger partial charge < -0.3 is 10.1 Å². The third-order valence-corrected chi connectivity index (χ3v) is 3.85. The highest BCUT2D eigenvalue weighted by Crippen LogP contribution is 2.26. The van der Waals surface area contributed by atoms with Crippen molar-refractivity contribution in [2.24, 2.45) is 0 Å². The lowest BCUT2D eigenvalue weighted by Gasteiger charge is -2.06. The molecule has 0 fully saturated rings. The number of rotatable bonds is 4. The molecule has 0 aromatic heterocycles. The summed E-state index contributed by atoms with van der Waals surface area (Å²) in [5.41, 5.74) is 1.24. The first kappa shape index (κ1) is 16.9. The molecule has 3 nitrogen and oxygen atoms in total. The van der Waals surface area contributed by atoms with Crippen LogP contribution >= 0.6 is 39.1 Å². The molecule has 0 atom stereocenters. The number of anilines is 1. The summed E-state index contributed by atoms with van der Waals surface area (Å²) in [5.74, 6) is 0.360. The monoisotopic (exact) mass is 399 g/mol. The predicted molar refractivity (Wildman–Crippen MR) is 94.8 cm³/mol. The van der Waals surface area contributed by atoms with E-state index in [1.54, 1.807) is 31.4 Å². The molecule has 0 saturated carbocycles. The van der Waals surface area contributed by atoms with Gasteiger partial charge >= 0.3 is 0 Å². The van der Waals surface area contributed by atoms with Crippen LogP contribution in [0.25, 0.3) is 6.08 Å². The van der Waals surface area contributed by atoms with Crippen molar-refractivity contribution < 1.29 is 9.53 Å². The highest BCUT2D eigenvalue weighted by Gasteiger charge is 2.05. The summed E-state index contributed by atoms with van der Waals surface area (Å²) in [6, 6.07) is 10.4. The fourth-order valence-electron chi connectivity index (χ4n) is 1.77. The van der Waals surface area contributed by atoms with Crippen molar-refractivity contribution in [2.45, 2.75) is 0 Å². The quantitative estimate of drug-likeness (QED) is 0.696. The van der Waals surface area contributed by atoms with Crippen LogP contribution in [0.4, 0.5) is 5.69 Å². The van der Waals surface area contributed by atoms with Crippen LogP contribution in [0.1, 0.15) is 5.56 Å². The average molecular weight is 401 g/mol. The van der Waals surface area contributed by atoms with Crippen LogP contribution in [0.3, 0.4) is 0 Å². The van der Waals surface area contributed by atoms with E-state index in [0.717, 1.165) is 10.0 Å². The molecule has 2 aromatic rings. The molecule has 1 amide bonds. The maximum absolute atomic E-state index is 12.0. The van der Waals surface area contributed by atoms with Crippen LogP contribution in [0.2, 0.25) is 10.0 Å². The average Bonchev–Trinajstić information content (AvgIpc) is 2.49. The molecule has 0 unspecified atom stereocenters. The topological polar surface area (TPSA) is 38.3 Å². The second-order valence-corrected chi connectivity index (χ2v) is 6.09. The first-order valence-electron chi connectivity index (χ1n) is 6.27. The minimum absolute atomic E-state index is 0.314. The van der Waals surface area contributed by atoms with E-state index in [1.165, 1.54) is 6.08 Å². The van der Waals surface area contributed by atoms with E-state index in [0.29, 0.717) is 21.5 Å². The van der Waals surface area contributed by atoms with Gasteiger partial charge in [0.1, 0.15) is 5.75 Å². The maximum atomic E-state index is 12.0. The Balaban J connectivity index is 2.15. The van der Waals surface area contributed by atoms with E-state index in [-0.39, 0.29) is 5.91 Å². The smallest absolute Gasteiger partial charge is 0.248 e. The summed E-state index contributed by atoms with van der Waals surface area (Å²) in [6.07, 6.45) is 3.07. The van der Waals surface area contributed by atoms with E-state index in [2.05, 4.69) is 21.2 Å². The molecular formula is C16H12BrCl2NO2. The Kier molecular flexibility index (Phi) is 5.89. The molecule has 0 bridgehead atoms. The summed E-state index contributed by atoms with van der Waals surface area (Å²) in [5, 5.41) is 3.60. The first-order valence-corrected chi connectivity index (χ1v) is 7.82. The fourth-order valence-corrected chi connectivity index (χ4v) is 2.48. The number of benzene rings is 2. The molecule has 6 heteroatoms. The molecule has 2 rings (SSSR count). The van der Waals surface area contributed by atoms with Crippen molar-refractivity contribution in [3.8, 4) is 5.75 Å². The van der Waals surface area contributed by atoms with E-state index < -0.39 is 0 Å². The number of amides is 1. The Morgan fingerprint density at radius 2 is 2.00 bits per heavy atom. The molecule has 0 aliphatic heterocycles. The highest BCUT2D eigenvalue weighted by molar-refractivity contribution is 9.10. The molecule has 0 aliphatic rings. The van der Waals surface area contributed by atoms with Crippen LogP contribution in [-0.4, -0.2) is 13.0 Å². The van der Waals surface area contributed by atoms with Gasteiger partial charge in [-0.1, -0.05) is 39.1 Å². The third kappa shape index (κ3) is 4.50. The number of ether oxygens (including phenoxy) is 1. The van der Waals surface area contributed by atoms with Crippen LogP contribution in [0, 0.1) is 0 Å². The second-order valence-electron chi connectivity index (χ2n) is 4.33. The minimum atomic E-state index is -0.314. The lowest BCUT2D eigenvalue weighted by molar-refractivity contribution is -0.111. The fraction of sp³-hybridized carbons (Fsp3) is 0.0625. The van der Waals surface area contributed by atoms with Crippen LogP contribution < -0.4 is 10.1 Å². The van der Waals surface area contributed by atoms with Crippen LogP contribution in [-0.2, 0) is 4.79 Å². The molecule has 114 valence electrons. The molecule has 2 aromatic carbocycles. The van der Waals surface area contributed by atoms with Crippen molar-refractivity contribution >= 4 is 56.8 Å². The Labute approximate surface area is 147 Å². The Morgan fingerprint density at radius 3 is 2.73 bits per heavy atom. The van der Waals surface area contributed by atoms with E-state index in [9.17, 15) is 4.79 Å². The Morgan fingerprint density at radius 1 is 1.23 bits per heavy atom. The minimum Gasteiger partial charge on any atom is -0.496 e. The molecular weight excluding hydrogens is 389 g/mol. The van der Waals surface area contributed by atoms with Gasteiger partial charge in [-0.05, 0) is 42.5 Å². The SMILES string of the molecule is COc1ccc(Br)cc1/C=C/C(=O)Nc1cc(Cl)ccc1Cl. The van der Waals surface area contributed by atoms with Gasteiger partial charge in [0.15, 0.2) is 0 Å². The van der Waals surface area contributed by atoms with Crippen molar-refractivity contribution in [3.05, 3.63) is 62.6 Å². The van der Waals surface area contributed by atoms with Gasteiger partial charge in [-0.25, -0.2) is 0 Å². The lowest BCUT2D eigenvalue weighted by atomic mass is 10.2. The number of carbonyl (C=O) groups is 1. The first-order chi connectivity index (χ1) is 10.5. The maximum Gasteiger partial charge on any atom is 0.248 e. The summed E-state index contributed by atoms with van der Waals surface area (Å²) >= 11 is 15.3. The van der Waals surface area contributed by atoms with Crippen molar-refractivity contribution in [2.75, 3.05) is 12.4 Å².